The number of hydrogen-bond donors (Lipinski definition) is 2. The minimum atomic E-state index is -1.56. The minimum absolute atomic E-state index is 0.289. The Morgan fingerprint density at radius 3 is 2.30 bits per heavy atom. The highest BCUT2D eigenvalue weighted by molar-refractivity contribution is 7.17. The zero-order valence-corrected chi connectivity index (χ0v) is 10.9. The Balaban J connectivity index is 2.25. The molecular formula is C14H9FO4S. The first-order chi connectivity index (χ1) is 9.47. The van der Waals surface area contributed by atoms with E-state index in [9.17, 15) is 14.0 Å². The average Bonchev–Trinajstić information content (AvgIpc) is 2.89. The molecule has 0 unspecified atom stereocenters. The zero-order chi connectivity index (χ0) is 14.7. The first-order valence-corrected chi connectivity index (χ1v) is 6.33. The third-order valence-electron chi connectivity index (χ3n) is 2.46. The molecule has 1 aromatic heterocycles. The number of thiophene rings is 1. The smallest absolute Gasteiger partial charge is 0.371 e. The van der Waals surface area contributed by atoms with E-state index in [1.54, 1.807) is 18.2 Å². The van der Waals surface area contributed by atoms with E-state index in [1.807, 2.05) is 0 Å². The molecule has 0 fully saturated rings. The summed E-state index contributed by atoms with van der Waals surface area (Å²) in [5.74, 6) is -3.51. The number of aliphatic carboxylic acids is 1. The number of carbonyl (C=O) groups is 2. The van der Waals surface area contributed by atoms with Gasteiger partial charge in [-0.3, -0.25) is 4.79 Å². The Morgan fingerprint density at radius 1 is 1.05 bits per heavy atom. The van der Waals surface area contributed by atoms with Crippen LogP contribution in [-0.4, -0.2) is 22.0 Å². The van der Waals surface area contributed by atoms with Crippen molar-refractivity contribution in [2.45, 2.75) is 0 Å². The number of carboxylic acids is 1. The summed E-state index contributed by atoms with van der Waals surface area (Å²) in [5.41, 5.74) is 0.752. The SMILES string of the molecule is O=C(O)C(O)=CC(=O)c1ccc(-c2ccc(F)cc2)s1. The van der Waals surface area contributed by atoms with Gasteiger partial charge in [0.25, 0.3) is 0 Å². The van der Waals surface area contributed by atoms with Crippen LogP contribution >= 0.6 is 11.3 Å². The van der Waals surface area contributed by atoms with E-state index in [0.717, 1.165) is 21.8 Å². The van der Waals surface area contributed by atoms with Crippen LogP contribution in [0.3, 0.4) is 0 Å². The van der Waals surface area contributed by atoms with E-state index in [0.29, 0.717) is 6.08 Å². The lowest BCUT2D eigenvalue weighted by molar-refractivity contribution is -0.135. The number of aliphatic hydroxyl groups excluding tert-OH is 1. The quantitative estimate of drug-likeness (QED) is 0.515. The van der Waals surface area contributed by atoms with E-state index in [4.69, 9.17) is 10.2 Å². The molecule has 0 aliphatic carbocycles. The Labute approximate surface area is 117 Å². The van der Waals surface area contributed by atoms with Crippen molar-refractivity contribution < 1.29 is 24.2 Å². The topological polar surface area (TPSA) is 74.6 Å². The maximum atomic E-state index is 12.8. The van der Waals surface area contributed by atoms with Gasteiger partial charge in [0.1, 0.15) is 5.82 Å². The summed E-state index contributed by atoms with van der Waals surface area (Å²) in [7, 11) is 0. The van der Waals surface area contributed by atoms with Crippen LogP contribution in [0.5, 0.6) is 0 Å². The molecule has 102 valence electrons. The van der Waals surface area contributed by atoms with Crippen molar-refractivity contribution in [3.8, 4) is 10.4 Å². The Hall–Kier alpha value is -2.47. The van der Waals surface area contributed by atoms with Crippen molar-refractivity contribution in [2.24, 2.45) is 0 Å². The van der Waals surface area contributed by atoms with Gasteiger partial charge >= 0.3 is 5.97 Å². The molecule has 0 amide bonds. The highest BCUT2D eigenvalue weighted by atomic mass is 32.1. The number of halogens is 1. The molecule has 0 atom stereocenters. The van der Waals surface area contributed by atoms with Crippen molar-refractivity contribution in [1.29, 1.82) is 0 Å². The van der Waals surface area contributed by atoms with Gasteiger partial charge in [-0.05, 0) is 29.8 Å². The first kappa shape index (κ1) is 14.0. The van der Waals surface area contributed by atoms with Crippen LogP contribution in [0, 0.1) is 5.82 Å². The molecule has 0 aliphatic rings. The number of allylic oxidation sites excluding steroid dienone is 1. The summed E-state index contributed by atoms with van der Waals surface area (Å²) < 4.78 is 12.8. The molecular weight excluding hydrogens is 283 g/mol. The highest BCUT2D eigenvalue weighted by Crippen LogP contribution is 2.28. The largest absolute Gasteiger partial charge is 0.502 e. The third kappa shape index (κ3) is 3.10. The fourth-order valence-electron chi connectivity index (χ4n) is 1.50. The zero-order valence-electron chi connectivity index (χ0n) is 10.0. The van der Waals surface area contributed by atoms with Crippen LogP contribution in [0.2, 0.25) is 0 Å². The fraction of sp³-hybridized carbons (Fsp3) is 0. The lowest BCUT2D eigenvalue weighted by Gasteiger charge is -1.96. The molecule has 0 bridgehead atoms. The standard InChI is InChI=1S/C14H9FO4S/c15-9-3-1-8(2-4-9)12-5-6-13(20-12)10(16)7-11(17)14(18)19/h1-7,17H,(H,18,19). The number of carboxylic acid groups (broad SMARTS) is 1. The molecule has 4 nitrogen and oxygen atoms in total. The van der Waals surface area contributed by atoms with E-state index in [1.165, 1.54) is 18.2 Å². The molecule has 0 spiro atoms. The molecule has 2 N–H and O–H groups in total. The van der Waals surface area contributed by atoms with Crippen LogP contribution in [0.25, 0.3) is 10.4 Å². The van der Waals surface area contributed by atoms with Crippen LogP contribution in [0.4, 0.5) is 4.39 Å². The van der Waals surface area contributed by atoms with Crippen LogP contribution in [-0.2, 0) is 4.79 Å². The number of aliphatic hydroxyl groups is 1. The molecule has 0 radical (unpaired) electrons. The molecule has 6 heteroatoms. The molecule has 20 heavy (non-hydrogen) atoms. The molecule has 2 rings (SSSR count). The van der Waals surface area contributed by atoms with Crippen molar-refractivity contribution in [1.82, 2.24) is 0 Å². The second-order valence-corrected chi connectivity index (χ2v) is 4.95. The molecule has 0 saturated carbocycles. The fourth-order valence-corrected chi connectivity index (χ4v) is 2.42. The summed E-state index contributed by atoms with van der Waals surface area (Å²) in [4.78, 5) is 23.2. The van der Waals surface area contributed by atoms with E-state index in [2.05, 4.69) is 0 Å². The van der Waals surface area contributed by atoms with E-state index in [-0.39, 0.29) is 10.7 Å². The third-order valence-corrected chi connectivity index (χ3v) is 3.61. The van der Waals surface area contributed by atoms with Gasteiger partial charge in [0.05, 0.1) is 4.88 Å². The Kier molecular flexibility index (Phi) is 3.95. The summed E-state index contributed by atoms with van der Waals surface area (Å²) >= 11 is 1.13. The molecule has 1 aromatic carbocycles. The Bertz CT molecular complexity index is 685. The molecule has 2 aromatic rings. The summed E-state index contributed by atoms with van der Waals surface area (Å²) in [6.45, 7) is 0. The molecule has 1 heterocycles. The van der Waals surface area contributed by atoms with Gasteiger partial charge in [0.2, 0.25) is 5.76 Å². The average molecular weight is 292 g/mol. The number of rotatable bonds is 4. The second-order valence-electron chi connectivity index (χ2n) is 3.87. The lowest BCUT2D eigenvalue weighted by atomic mass is 10.2. The predicted molar refractivity (Wildman–Crippen MR) is 72.4 cm³/mol. The van der Waals surface area contributed by atoms with Gasteiger partial charge in [-0.25, -0.2) is 9.18 Å². The number of ketones is 1. The second kappa shape index (κ2) is 5.66. The predicted octanol–water partition coefficient (Wildman–Crippen LogP) is 3.26. The highest BCUT2D eigenvalue weighted by Gasteiger charge is 2.12. The summed E-state index contributed by atoms with van der Waals surface area (Å²) in [6, 6.07) is 8.99. The van der Waals surface area contributed by atoms with Gasteiger partial charge in [-0.15, -0.1) is 11.3 Å². The van der Waals surface area contributed by atoms with Crippen molar-refractivity contribution in [3.63, 3.8) is 0 Å². The van der Waals surface area contributed by atoms with Crippen molar-refractivity contribution in [3.05, 3.63) is 58.9 Å². The van der Waals surface area contributed by atoms with Crippen LogP contribution < -0.4 is 0 Å². The van der Waals surface area contributed by atoms with Gasteiger partial charge in [-0.1, -0.05) is 12.1 Å². The number of benzene rings is 1. The van der Waals surface area contributed by atoms with E-state index >= 15 is 0 Å². The maximum Gasteiger partial charge on any atom is 0.371 e. The maximum absolute atomic E-state index is 12.8. The van der Waals surface area contributed by atoms with Gasteiger partial charge in [-0.2, -0.15) is 0 Å². The normalized spacial score (nSPS) is 11.3. The lowest BCUT2D eigenvalue weighted by Crippen LogP contribution is -2.02. The Morgan fingerprint density at radius 2 is 1.70 bits per heavy atom. The monoisotopic (exact) mass is 292 g/mol. The van der Waals surface area contributed by atoms with Crippen LogP contribution in [0.15, 0.2) is 48.2 Å². The summed E-state index contributed by atoms with van der Waals surface area (Å²) in [6.07, 6.45) is 0.655. The summed E-state index contributed by atoms with van der Waals surface area (Å²) in [5, 5.41) is 17.5. The van der Waals surface area contributed by atoms with Gasteiger partial charge < -0.3 is 10.2 Å². The number of carbonyl (C=O) groups excluding carboxylic acids is 1. The van der Waals surface area contributed by atoms with Crippen molar-refractivity contribution >= 4 is 23.1 Å². The number of hydrogen-bond acceptors (Lipinski definition) is 4. The van der Waals surface area contributed by atoms with E-state index < -0.39 is 17.5 Å². The minimum Gasteiger partial charge on any atom is -0.502 e. The first-order valence-electron chi connectivity index (χ1n) is 5.51. The van der Waals surface area contributed by atoms with Gasteiger partial charge in [0.15, 0.2) is 5.78 Å². The van der Waals surface area contributed by atoms with Gasteiger partial charge in [0, 0.05) is 11.0 Å². The van der Waals surface area contributed by atoms with Crippen LogP contribution in [0.1, 0.15) is 9.67 Å². The van der Waals surface area contributed by atoms with Crippen molar-refractivity contribution in [2.75, 3.05) is 0 Å². The molecule has 0 aliphatic heterocycles. The molecule has 0 saturated heterocycles.